The molecule has 3 aromatic rings. The lowest BCUT2D eigenvalue weighted by atomic mass is 10.2. The highest BCUT2D eigenvalue weighted by Crippen LogP contribution is 2.22. The van der Waals surface area contributed by atoms with Crippen molar-refractivity contribution in [3.05, 3.63) is 53.6 Å². The minimum atomic E-state index is -0.983. The Bertz CT molecular complexity index is 952. The van der Waals surface area contributed by atoms with Crippen molar-refractivity contribution in [2.24, 2.45) is 0 Å². The lowest BCUT2D eigenvalue weighted by Crippen LogP contribution is -2.14. The fourth-order valence-electron chi connectivity index (χ4n) is 2.22. The summed E-state index contributed by atoms with van der Waals surface area (Å²) in [7, 11) is 1.27. The lowest BCUT2D eigenvalue weighted by molar-refractivity contribution is -0.113. The molecule has 134 valence electrons. The molecule has 0 spiro atoms. The molecule has 2 N–H and O–H groups in total. The minimum absolute atomic E-state index is 0.0211. The lowest BCUT2D eigenvalue weighted by Gasteiger charge is -2.06. The zero-order valence-corrected chi connectivity index (χ0v) is 14.3. The molecular weight excluding hydrogens is 364 g/mol. The summed E-state index contributed by atoms with van der Waals surface area (Å²) in [6.07, 6.45) is 0. The molecule has 0 aliphatic rings. The molecule has 6 nitrogen and oxygen atoms in total. The van der Waals surface area contributed by atoms with E-state index in [-0.39, 0.29) is 17.2 Å². The van der Waals surface area contributed by atoms with Crippen LogP contribution in [0.1, 0.15) is 10.4 Å². The molecule has 0 unspecified atom stereocenters. The minimum Gasteiger partial charge on any atom is -0.465 e. The Hall–Kier alpha value is -2.94. The van der Waals surface area contributed by atoms with E-state index >= 15 is 0 Å². The first-order valence-electron chi connectivity index (χ1n) is 7.42. The number of anilines is 1. The Labute approximate surface area is 150 Å². The predicted molar refractivity (Wildman–Crippen MR) is 93.1 cm³/mol. The molecular formula is C17H13F2N3O3S. The third-order valence-corrected chi connectivity index (χ3v) is 4.28. The number of aromatic amines is 1. The number of carbonyl (C=O) groups excluding carboxylic acids is 2. The first-order valence-corrected chi connectivity index (χ1v) is 8.40. The monoisotopic (exact) mass is 377 g/mol. The number of esters is 1. The van der Waals surface area contributed by atoms with Crippen LogP contribution in [-0.2, 0) is 9.53 Å². The highest BCUT2D eigenvalue weighted by Gasteiger charge is 2.12. The summed E-state index contributed by atoms with van der Waals surface area (Å²) in [6, 6.07) is 8.34. The smallest absolute Gasteiger partial charge is 0.337 e. The summed E-state index contributed by atoms with van der Waals surface area (Å²) in [5, 5.41) is 3.02. The van der Waals surface area contributed by atoms with E-state index in [0.29, 0.717) is 21.9 Å². The van der Waals surface area contributed by atoms with Crippen LogP contribution in [0, 0.1) is 11.6 Å². The summed E-state index contributed by atoms with van der Waals surface area (Å²) in [5.41, 5.74) is 1.39. The number of rotatable bonds is 5. The van der Waals surface area contributed by atoms with Crippen LogP contribution in [-0.4, -0.2) is 34.7 Å². The molecule has 0 saturated carbocycles. The number of halogens is 2. The van der Waals surface area contributed by atoms with Crippen LogP contribution >= 0.6 is 11.8 Å². The molecule has 0 saturated heterocycles. The van der Waals surface area contributed by atoms with Crippen LogP contribution in [0.25, 0.3) is 11.0 Å². The Balaban J connectivity index is 1.63. The van der Waals surface area contributed by atoms with E-state index in [1.165, 1.54) is 13.2 Å². The summed E-state index contributed by atoms with van der Waals surface area (Å²) < 4.78 is 31.0. The van der Waals surface area contributed by atoms with E-state index in [2.05, 4.69) is 20.0 Å². The summed E-state index contributed by atoms with van der Waals surface area (Å²) in [5.74, 6) is -2.76. The molecule has 1 amide bonds. The third-order valence-electron chi connectivity index (χ3n) is 3.41. The van der Waals surface area contributed by atoms with Gasteiger partial charge in [-0.25, -0.2) is 18.6 Å². The third kappa shape index (κ3) is 3.99. The maximum absolute atomic E-state index is 13.2. The van der Waals surface area contributed by atoms with Crippen LogP contribution in [0.2, 0.25) is 0 Å². The fraction of sp³-hybridized carbons (Fsp3) is 0.118. The standard InChI is InChI=1S/C17H13F2N3O3S/c1-25-16(24)9-3-2-4-10(5-9)20-15(23)8-26-17-21-13-6-11(18)12(19)7-14(13)22-17/h2-7H,8H2,1H3,(H,20,23)(H,21,22). The number of hydrogen-bond donors (Lipinski definition) is 2. The second-order valence-electron chi connectivity index (χ2n) is 5.23. The molecule has 0 aliphatic heterocycles. The van der Waals surface area contributed by atoms with E-state index in [4.69, 9.17) is 0 Å². The summed E-state index contributed by atoms with van der Waals surface area (Å²) in [4.78, 5) is 30.5. The van der Waals surface area contributed by atoms with E-state index in [9.17, 15) is 18.4 Å². The van der Waals surface area contributed by atoms with Crippen molar-refractivity contribution in [1.82, 2.24) is 9.97 Å². The molecule has 1 heterocycles. The van der Waals surface area contributed by atoms with Gasteiger partial charge < -0.3 is 15.0 Å². The van der Waals surface area contributed by atoms with Crippen molar-refractivity contribution >= 4 is 40.4 Å². The maximum Gasteiger partial charge on any atom is 0.337 e. The van der Waals surface area contributed by atoms with Crippen LogP contribution in [0.5, 0.6) is 0 Å². The van der Waals surface area contributed by atoms with Gasteiger partial charge in [-0.15, -0.1) is 0 Å². The van der Waals surface area contributed by atoms with Gasteiger partial charge in [0.15, 0.2) is 16.8 Å². The molecule has 0 atom stereocenters. The number of ether oxygens (including phenoxy) is 1. The van der Waals surface area contributed by atoms with Gasteiger partial charge in [-0.1, -0.05) is 17.8 Å². The zero-order chi connectivity index (χ0) is 18.7. The van der Waals surface area contributed by atoms with Gasteiger partial charge in [-0.05, 0) is 18.2 Å². The number of nitrogens with zero attached hydrogens (tertiary/aromatic N) is 1. The summed E-state index contributed by atoms with van der Waals surface area (Å²) >= 11 is 1.09. The van der Waals surface area contributed by atoms with Crippen LogP contribution in [0.3, 0.4) is 0 Å². The Morgan fingerprint density at radius 3 is 2.77 bits per heavy atom. The molecule has 26 heavy (non-hydrogen) atoms. The van der Waals surface area contributed by atoms with Crippen LogP contribution in [0.4, 0.5) is 14.5 Å². The molecule has 1 aromatic heterocycles. The van der Waals surface area contributed by atoms with Crippen molar-refractivity contribution < 1.29 is 23.1 Å². The molecule has 0 aliphatic carbocycles. The number of thioether (sulfide) groups is 1. The second-order valence-corrected chi connectivity index (χ2v) is 6.20. The molecule has 0 fully saturated rings. The van der Waals surface area contributed by atoms with Gasteiger partial charge in [-0.2, -0.15) is 0 Å². The van der Waals surface area contributed by atoms with Crippen molar-refractivity contribution in [3.63, 3.8) is 0 Å². The first-order chi connectivity index (χ1) is 12.5. The number of amides is 1. The largest absolute Gasteiger partial charge is 0.465 e. The van der Waals surface area contributed by atoms with Crippen molar-refractivity contribution in [1.29, 1.82) is 0 Å². The molecule has 2 aromatic carbocycles. The van der Waals surface area contributed by atoms with Gasteiger partial charge in [0.05, 0.1) is 29.5 Å². The number of methoxy groups -OCH3 is 1. The number of H-pyrrole nitrogens is 1. The van der Waals surface area contributed by atoms with Crippen molar-refractivity contribution in [3.8, 4) is 0 Å². The van der Waals surface area contributed by atoms with Crippen LogP contribution < -0.4 is 5.32 Å². The number of fused-ring (bicyclic) bond motifs is 1. The SMILES string of the molecule is COC(=O)c1cccc(NC(=O)CSc2nc3cc(F)c(F)cc3[nH]2)c1. The van der Waals surface area contributed by atoms with Gasteiger partial charge in [0.2, 0.25) is 5.91 Å². The number of hydrogen-bond acceptors (Lipinski definition) is 5. The zero-order valence-electron chi connectivity index (χ0n) is 13.5. The van der Waals surface area contributed by atoms with Gasteiger partial charge in [0, 0.05) is 17.8 Å². The predicted octanol–water partition coefficient (Wildman–Crippen LogP) is 3.36. The second kappa shape index (κ2) is 7.52. The fourth-order valence-corrected chi connectivity index (χ4v) is 2.91. The Kier molecular flexibility index (Phi) is 5.17. The molecule has 3 rings (SSSR count). The number of benzene rings is 2. The molecule has 0 radical (unpaired) electrons. The normalized spacial score (nSPS) is 10.7. The number of carbonyl (C=O) groups is 2. The van der Waals surface area contributed by atoms with E-state index in [1.807, 2.05) is 0 Å². The average Bonchev–Trinajstić information content (AvgIpc) is 3.01. The Morgan fingerprint density at radius 1 is 1.23 bits per heavy atom. The van der Waals surface area contributed by atoms with Crippen molar-refractivity contribution in [2.75, 3.05) is 18.2 Å². The number of aromatic nitrogens is 2. The Morgan fingerprint density at radius 2 is 2.00 bits per heavy atom. The topological polar surface area (TPSA) is 84.1 Å². The summed E-state index contributed by atoms with van der Waals surface area (Å²) in [6.45, 7) is 0. The van der Waals surface area contributed by atoms with Gasteiger partial charge in [0.25, 0.3) is 0 Å². The van der Waals surface area contributed by atoms with Gasteiger partial charge in [-0.3, -0.25) is 4.79 Å². The molecule has 9 heteroatoms. The van der Waals surface area contributed by atoms with E-state index in [1.54, 1.807) is 18.2 Å². The first kappa shape index (κ1) is 17.9. The molecule has 0 bridgehead atoms. The highest BCUT2D eigenvalue weighted by molar-refractivity contribution is 7.99. The average molecular weight is 377 g/mol. The van der Waals surface area contributed by atoms with E-state index in [0.717, 1.165) is 23.9 Å². The van der Waals surface area contributed by atoms with Crippen molar-refractivity contribution in [2.45, 2.75) is 5.16 Å². The maximum atomic E-state index is 13.2. The van der Waals surface area contributed by atoms with Gasteiger partial charge >= 0.3 is 5.97 Å². The van der Waals surface area contributed by atoms with Crippen LogP contribution in [0.15, 0.2) is 41.6 Å². The highest BCUT2D eigenvalue weighted by atomic mass is 32.2. The quantitative estimate of drug-likeness (QED) is 0.526. The van der Waals surface area contributed by atoms with Gasteiger partial charge in [0.1, 0.15) is 0 Å². The van der Waals surface area contributed by atoms with E-state index < -0.39 is 17.6 Å². The number of imidazole rings is 1. The number of nitrogens with one attached hydrogen (secondary N) is 2.